The van der Waals surface area contributed by atoms with Crippen LogP contribution in [0.2, 0.25) is 0 Å². The van der Waals surface area contributed by atoms with E-state index in [0.717, 1.165) is 12.1 Å². The fourth-order valence-electron chi connectivity index (χ4n) is 4.50. The van der Waals surface area contributed by atoms with Crippen molar-refractivity contribution in [1.29, 1.82) is 0 Å². The first-order valence-electron chi connectivity index (χ1n) is 11.8. The summed E-state index contributed by atoms with van der Waals surface area (Å²) < 4.78 is 63.9. The summed E-state index contributed by atoms with van der Waals surface area (Å²) >= 11 is 0. The zero-order valence-corrected chi connectivity index (χ0v) is 22.3. The number of nitrogen functional groups attached to an aromatic ring is 1. The lowest BCUT2D eigenvalue weighted by molar-refractivity contribution is -0.137. The third-order valence-electron chi connectivity index (χ3n) is 6.59. The first-order valence-corrected chi connectivity index (χ1v) is 11.8. The number of methoxy groups -OCH3 is 2. The second-order valence-corrected chi connectivity index (χ2v) is 9.04. The summed E-state index contributed by atoms with van der Waals surface area (Å²) in [6, 6.07) is 4.98. The van der Waals surface area contributed by atoms with E-state index >= 15 is 4.39 Å². The Labute approximate surface area is 228 Å². The van der Waals surface area contributed by atoms with Crippen LogP contribution in [0.5, 0.6) is 11.5 Å². The maximum Gasteiger partial charge on any atom is 0.416 e. The SMILES string of the molecule is COc1cc2c(N)nc(N3CCN(C(=O)CC(N)c4ccc(C(F)(F)F)cc4)CC3C)nc2c(F)c1OC.Cl. The summed E-state index contributed by atoms with van der Waals surface area (Å²) in [7, 11) is 2.70. The van der Waals surface area contributed by atoms with E-state index in [9.17, 15) is 18.0 Å². The maximum absolute atomic E-state index is 15.2. The van der Waals surface area contributed by atoms with Crippen LogP contribution in [-0.4, -0.2) is 60.7 Å². The molecule has 2 atom stereocenters. The van der Waals surface area contributed by atoms with Crippen molar-refractivity contribution in [2.45, 2.75) is 31.6 Å². The zero-order chi connectivity index (χ0) is 27.8. The molecule has 1 aromatic heterocycles. The van der Waals surface area contributed by atoms with Crippen molar-refractivity contribution in [3.63, 3.8) is 0 Å². The molecule has 0 bridgehead atoms. The maximum atomic E-state index is 15.2. The van der Waals surface area contributed by atoms with Crippen LogP contribution >= 0.6 is 12.4 Å². The largest absolute Gasteiger partial charge is 0.493 e. The Balaban J connectivity index is 0.00000420. The standard InChI is InChI=1S/C25H28F4N6O3.ClH/c1-13-12-34(19(36)11-17(30)14-4-6-15(7-5-14)25(27,28)29)8-9-35(13)24-32-21-16(23(31)33-24)10-18(37-2)22(38-3)20(21)26;/h4-7,10,13,17H,8-9,11-12,30H2,1-3H3,(H2,31,32,33);1H. The normalized spacial score (nSPS) is 16.6. The lowest BCUT2D eigenvalue weighted by Crippen LogP contribution is -2.54. The van der Waals surface area contributed by atoms with Gasteiger partial charge in [0, 0.05) is 43.5 Å². The number of nitrogens with zero attached hydrogens (tertiary/aromatic N) is 4. The Kier molecular flexibility index (Phi) is 8.96. The van der Waals surface area contributed by atoms with Crippen molar-refractivity contribution in [3.05, 3.63) is 47.3 Å². The number of alkyl halides is 3. The first-order chi connectivity index (χ1) is 17.9. The van der Waals surface area contributed by atoms with Crippen LogP contribution in [0, 0.1) is 5.82 Å². The van der Waals surface area contributed by atoms with Crippen LogP contribution in [0.25, 0.3) is 10.9 Å². The predicted octanol–water partition coefficient (Wildman–Crippen LogP) is 3.94. The first kappa shape index (κ1) is 30.0. The predicted molar refractivity (Wildman–Crippen MR) is 141 cm³/mol. The number of hydrogen-bond acceptors (Lipinski definition) is 8. The van der Waals surface area contributed by atoms with Gasteiger partial charge in [0.25, 0.3) is 0 Å². The number of rotatable bonds is 6. The fourth-order valence-corrected chi connectivity index (χ4v) is 4.50. The molecule has 0 radical (unpaired) electrons. The van der Waals surface area contributed by atoms with Gasteiger partial charge in [0.2, 0.25) is 11.9 Å². The molecule has 1 fully saturated rings. The molecule has 1 amide bonds. The Morgan fingerprint density at radius 1 is 1.15 bits per heavy atom. The van der Waals surface area contributed by atoms with Gasteiger partial charge in [0.05, 0.1) is 19.8 Å². The minimum atomic E-state index is -4.45. The van der Waals surface area contributed by atoms with E-state index < -0.39 is 23.6 Å². The van der Waals surface area contributed by atoms with Crippen molar-refractivity contribution < 1.29 is 31.8 Å². The topological polar surface area (TPSA) is 120 Å². The molecule has 0 saturated carbocycles. The number of amides is 1. The van der Waals surface area contributed by atoms with Crippen LogP contribution in [0.4, 0.5) is 29.3 Å². The number of carbonyl (C=O) groups excluding carboxylic acids is 1. The molecule has 0 spiro atoms. The van der Waals surface area contributed by atoms with Crippen LogP contribution in [-0.2, 0) is 11.0 Å². The summed E-state index contributed by atoms with van der Waals surface area (Å²) in [5.74, 6) is -0.616. The monoisotopic (exact) mass is 572 g/mol. The number of aromatic nitrogens is 2. The van der Waals surface area contributed by atoms with Crippen LogP contribution in [0.3, 0.4) is 0 Å². The van der Waals surface area contributed by atoms with E-state index in [1.54, 1.807) is 4.90 Å². The lowest BCUT2D eigenvalue weighted by atomic mass is 10.0. The molecule has 1 saturated heterocycles. The summed E-state index contributed by atoms with van der Waals surface area (Å²) in [5.41, 5.74) is 11.9. The number of carbonyl (C=O) groups is 1. The molecule has 4 rings (SSSR count). The molecule has 2 unspecified atom stereocenters. The number of piperazine rings is 1. The fraction of sp³-hybridized carbons (Fsp3) is 0.400. The number of hydrogen-bond donors (Lipinski definition) is 2. The number of fused-ring (bicyclic) bond motifs is 1. The lowest BCUT2D eigenvalue weighted by Gasteiger charge is -2.40. The molecule has 3 aromatic rings. The quantitative estimate of drug-likeness (QED) is 0.426. The summed E-state index contributed by atoms with van der Waals surface area (Å²) in [6.07, 6.45) is -4.51. The minimum Gasteiger partial charge on any atom is -0.493 e. The van der Waals surface area contributed by atoms with Gasteiger partial charge < -0.3 is 30.7 Å². The van der Waals surface area contributed by atoms with Crippen molar-refractivity contribution in [2.75, 3.05) is 44.5 Å². The smallest absolute Gasteiger partial charge is 0.416 e. The Morgan fingerprint density at radius 2 is 1.82 bits per heavy atom. The van der Waals surface area contributed by atoms with Gasteiger partial charge in [-0.1, -0.05) is 12.1 Å². The molecule has 2 heterocycles. The second kappa shape index (κ2) is 11.7. The highest BCUT2D eigenvalue weighted by atomic mass is 35.5. The molecule has 2 aromatic carbocycles. The summed E-state index contributed by atoms with van der Waals surface area (Å²) in [5, 5.41) is 0.280. The third-order valence-corrected chi connectivity index (χ3v) is 6.59. The van der Waals surface area contributed by atoms with Gasteiger partial charge in [0.15, 0.2) is 17.3 Å². The Hall–Kier alpha value is -3.58. The molecular weight excluding hydrogens is 544 g/mol. The van der Waals surface area contributed by atoms with E-state index in [1.165, 1.54) is 32.4 Å². The molecule has 14 heteroatoms. The highest BCUT2D eigenvalue weighted by molar-refractivity contribution is 5.92. The second-order valence-electron chi connectivity index (χ2n) is 9.04. The van der Waals surface area contributed by atoms with E-state index in [2.05, 4.69) is 9.97 Å². The number of benzene rings is 2. The van der Waals surface area contributed by atoms with Gasteiger partial charge in [0.1, 0.15) is 11.3 Å². The Morgan fingerprint density at radius 3 is 2.38 bits per heavy atom. The van der Waals surface area contributed by atoms with E-state index in [0.29, 0.717) is 25.2 Å². The van der Waals surface area contributed by atoms with Gasteiger partial charge in [-0.25, -0.2) is 9.37 Å². The van der Waals surface area contributed by atoms with Gasteiger partial charge in [-0.2, -0.15) is 18.2 Å². The molecule has 39 heavy (non-hydrogen) atoms. The number of ether oxygens (including phenoxy) is 2. The van der Waals surface area contributed by atoms with Crippen molar-refractivity contribution in [1.82, 2.24) is 14.9 Å². The highest BCUT2D eigenvalue weighted by Gasteiger charge is 2.32. The third kappa shape index (κ3) is 6.04. The van der Waals surface area contributed by atoms with Crippen molar-refractivity contribution >= 4 is 41.0 Å². The number of nitrogens with two attached hydrogens (primary N) is 2. The molecule has 0 aliphatic carbocycles. The van der Waals surface area contributed by atoms with Gasteiger partial charge in [-0.3, -0.25) is 4.79 Å². The summed E-state index contributed by atoms with van der Waals surface area (Å²) in [4.78, 5) is 25.1. The van der Waals surface area contributed by atoms with E-state index in [-0.39, 0.29) is 64.9 Å². The van der Waals surface area contributed by atoms with Crippen molar-refractivity contribution in [3.8, 4) is 11.5 Å². The number of anilines is 2. The Bertz CT molecular complexity index is 1340. The van der Waals surface area contributed by atoms with E-state index in [1.807, 2.05) is 11.8 Å². The molecule has 4 N–H and O–H groups in total. The van der Waals surface area contributed by atoms with Gasteiger partial charge in [-0.15, -0.1) is 12.4 Å². The van der Waals surface area contributed by atoms with Gasteiger partial charge in [-0.05, 0) is 30.7 Å². The summed E-state index contributed by atoms with van der Waals surface area (Å²) in [6.45, 7) is 2.85. The molecule has 212 valence electrons. The molecule has 9 nitrogen and oxygen atoms in total. The molecular formula is C25H29ClF4N6O3. The zero-order valence-electron chi connectivity index (χ0n) is 21.5. The van der Waals surface area contributed by atoms with Gasteiger partial charge >= 0.3 is 6.18 Å². The highest BCUT2D eigenvalue weighted by Crippen LogP contribution is 2.38. The average molecular weight is 573 g/mol. The minimum absolute atomic E-state index is 0. The van der Waals surface area contributed by atoms with Crippen molar-refractivity contribution in [2.24, 2.45) is 5.73 Å². The average Bonchev–Trinajstić information content (AvgIpc) is 2.88. The van der Waals surface area contributed by atoms with Crippen LogP contribution in [0.1, 0.15) is 30.5 Å². The molecule has 1 aliphatic heterocycles. The van der Waals surface area contributed by atoms with Crippen LogP contribution in [0.15, 0.2) is 30.3 Å². The number of halogens is 5. The molecule has 1 aliphatic rings. The van der Waals surface area contributed by atoms with E-state index in [4.69, 9.17) is 20.9 Å². The van der Waals surface area contributed by atoms with Crippen LogP contribution < -0.4 is 25.8 Å².